The fraction of sp³-hybridized carbons (Fsp3) is 0.231. The number of nitrogens with one attached hydrogen (secondary N) is 1. The number of thiocarbonyl (C=S) groups is 1. The maximum Gasteiger partial charge on any atom is 0.184 e. The predicted molar refractivity (Wildman–Crippen MR) is 93.5 cm³/mol. The summed E-state index contributed by atoms with van der Waals surface area (Å²) in [5, 5.41) is 4.04. The second kappa shape index (κ2) is 8.75. The van der Waals surface area contributed by atoms with Gasteiger partial charge in [0.15, 0.2) is 16.6 Å². The van der Waals surface area contributed by atoms with Crippen molar-refractivity contribution in [2.24, 2.45) is 10.8 Å². The van der Waals surface area contributed by atoms with E-state index in [1.165, 1.54) is 0 Å². The Kier molecular flexibility index (Phi) is 7.31. The molecule has 0 saturated carbocycles. The van der Waals surface area contributed by atoms with Crippen molar-refractivity contribution in [2.45, 2.75) is 6.92 Å². The Labute approximate surface area is 137 Å². The molecule has 0 aliphatic rings. The molecule has 0 amide bonds. The van der Waals surface area contributed by atoms with Crippen molar-refractivity contribution < 1.29 is 9.47 Å². The summed E-state index contributed by atoms with van der Waals surface area (Å²) in [7, 11) is 0. The van der Waals surface area contributed by atoms with Gasteiger partial charge in [-0.25, -0.2) is 0 Å². The van der Waals surface area contributed by atoms with Crippen LogP contribution in [0.4, 0.5) is 0 Å². The number of hydrogen-bond donors (Lipinski definition) is 2. The van der Waals surface area contributed by atoms with Crippen LogP contribution in [0.1, 0.15) is 12.5 Å². The highest BCUT2D eigenvalue weighted by atomic mass is 127. The van der Waals surface area contributed by atoms with Gasteiger partial charge in [-0.1, -0.05) is 12.7 Å². The van der Waals surface area contributed by atoms with Crippen LogP contribution in [0.5, 0.6) is 11.5 Å². The van der Waals surface area contributed by atoms with Crippen LogP contribution in [-0.2, 0) is 0 Å². The van der Waals surface area contributed by atoms with E-state index in [1.54, 1.807) is 12.3 Å². The average Bonchev–Trinajstić information content (AvgIpc) is 2.38. The second-order valence-electron chi connectivity index (χ2n) is 3.60. The fourth-order valence-electron chi connectivity index (χ4n) is 1.38. The zero-order valence-corrected chi connectivity index (χ0v) is 14.0. The van der Waals surface area contributed by atoms with Gasteiger partial charge >= 0.3 is 0 Å². The van der Waals surface area contributed by atoms with Crippen LogP contribution in [0.2, 0.25) is 0 Å². The molecule has 0 heterocycles. The standard InChI is InChI=1S/C13H16IN3O2S/c1-3-5-19-12-10(14)6-9(7-11(12)18-4-2)8-16-17-13(15)20/h3,6-8H,1,4-5H2,2H3,(H3,15,17,20). The summed E-state index contributed by atoms with van der Waals surface area (Å²) in [6.45, 7) is 6.52. The van der Waals surface area contributed by atoms with Crippen molar-refractivity contribution in [2.75, 3.05) is 13.2 Å². The Bertz CT molecular complexity index is 521. The summed E-state index contributed by atoms with van der Waals surface area (Å²) < 4.78 is 12.1. The van der Waals surface area contributed by atoms with Crippen LogP contribution in [0.15, 0.2) is 29.9 Å². The largest absolute Gasteiger partial charge is 0.490 e. The molecule has 0 bridgehead atoms. The molecule has 0 fully saturated rings. The maximum atomic E-state index is 5.62. The summed E-state index contributed by atoms with van der Waals surface area (Å²) in [4.78, 5) is 0. The molecule has 0 radical (unpaired) electrons. The Morgan fingerprint density at radius 2 is 2.30 bits per heavy atom. The molecule has 7 heteroatoms. The number of halogens is 1. The molecule has 5 nitrogen and oxygen atoms in total. The summed E-state index contributed by atoms with van der Waals surface area (Å²) in [6, 6.07) is 3.76. The van der Waals surface area contributed by atoms with E-state index in [0.717, 1.165) is 9.13 Å². The molecule has 1 rings (SSSR count). The van der Waals surface area contributed by atoms with Gasteiger partial charge in [0.2, 0.25) is 0 Å². The lowest BCUT2D eigenvalue weighted by molar-refractivity contribution is 0.295. The molecule has 0 atom stereocenters. The van der Waals surface area contributed by atoms with E-state index >= 15 is 0 Å². The minimum absolute atomic E-state index is 0.118. The van der Waals surface area contributed by atoms with E-state index < -0.39 is 0 Å². The maximum absolute atomic E-state index is 5.62. The second-order valence-corrected chi connectivity index (χ2v) is 5.20. The zero-order valence-electron chi connectivity index (χ0n) is 11.1. The number of nitrogens with zero attached hydrogens (tertiary/aromatic N) is 1. The molecule has 0 spiro atoms. The normalized spacial score (nSPS) is 10.3. The monoisotopic (exact) mass is 405 g/mol. The molecule has 0 unspecified atom stereocenters. The lowest BCUT2D eigenvalue weighted by Crippen LogP contribution is -2.24. The minimum atomic E-state index is 0.118. The highest BCUT2D eigenvalue weighted by Gasteiger charge is 2.11. The molecule has 1 aromatic rings. The third kappa shape index (κ3) is 5.33. The molecule has 20 heavy (non-hydrogen) atoms. The Balaban J connectivity index is 3.02. The van der Waals surface area contributed by atoms with Crippen molar-refractivity contribution in [3.05, 3.63) is 33.9 Å². The van der Waals surface area contributed by atoms with E-state index in [0.29, 0.717) is 24.7 Å². The van der Waals surface area contributed by atoms with Crippen LogP contribution in [0, 0.1) is 3.57 Å². The average molecular weight is 405 g/mol. The molecule has 0 saturated heterocycles. The third-order valence-electron chi connectivity index (χ3n) is 2.07. The highest BCUT2D eigenvalue weighted by Crippen LogP contribution is 2.33. The summed E-state index contributed by atoms with van der Waals surface area (Å²) in [5.41, 5.74) is 8.65. The fourth-order valence-corrected chi connectivity index (χ4v) is 2.21. The first kappa shape index (κ1) is 16.7. The van der Waals surface area contributed by atoms with Gasteiger partial charge in [0, 0.05) is 0 Å². The van der Waals surface area contributed by atoms with E-state index in [2.05, 4.69) is 51.9 Å². The SMILES string of the molecule is C=CCOc1c(I)cc(C=NNC(N)=S)cc1OCC. The number of benzene rings is 1. The first-order valence-corrected chi connectivity index (χ1v) is 7.35. The van der Waals surface area contributed by atoms with Gasteiger partial charge in [-0.3, -0.25) is 5.43 Å². The van der Waals surface area contributed by atoms with E-state index in [4.69, 9.17) is 15.2 Å². The Morgan fingerprint density at radius 1 is 1.55 bits per heavy atom. The van der Waals surface area contributed by atoms with E-state index in [9.17, 15) is 0 Å². The number of nitrogens with two attached hydrogens (primary N) is 1. The van der Waals surface area contributed by atoms with Gasteiger partial charge in [0.05, 0.1) is 16.4 Å². The molecule has 0 aromatic heterocycles. The Hall–Kier alpha value is -1.35. The molecular weight excluding hydrogens is 389 g/mol. The predicted octanol–water partition coefficient (Wildman–Crippen LogP) is 2.42. The van der Waals surface area contributed by atoms with Crippen LogP contribution in [-0.4, -0.2) is 24.5 Å². The number of ether oxygens (including phenoxy) is 2. The van der Waals surface area contributed by atoms with Crippen molar-refractivity contribution >= 4 is 46.1 Å². The van der Waals surface area contributed by atoms with Gasteiger partial charge in [0.1, 0.15) is 6.61 Å². The molecule has 0 aliphatic heterocycles. The lowest BCUT2D eigenvalue weighted by atomic mass is 10.2. The molecular formula is C13H16IN3O2S. The molecule has 3 N–H and O–H groups in total. The molecule has 0 aliphatic carbocycles. The summed E-state index contributed by atoms with van der Waals surface area (Å²) in [6.07, 6.45) is 3.30. The molecule has 108 valence electrons. The summed E-state index contributed by atoms with van der Waals surface area (Å²) in [5.74, 6) is 1.37. The van der Waals surface area contributed by atoms with Crippen molar-refractivity contribution in [1.29, 1.82) is 0 Å². The van der Waals surface area contributed by atoms with Crippen LogP contribution < -0.4 is 20.6 Å². The van der Waals surface area contributed by atoms with E-state index in [-0.39, 0.29) is 5.11 Å². The smallest absolute Gasteiger partial charge is 0.184 e. The summed E-state index contributed by atoms with van der Waals surface area (Å²) >= 11 is 6.85. The first-order valence-electron chi connectivity index (χ1n) is 5.87. The van der Waals surface area contributed by atoms with Gasteiger partial charge in [-0.05, 0) is 59.4 Å². The van der Waals surface area contributed by atoms with Crippen molar-refractivity contribution in [3.8, 4) is 11.5 Å². The van der Waals surface area contributed by atoms with Crippen LogP contribution in [0.25, 0.3) is 0 Å². The first-order chi connectivity index (χ1) is 9.58. The topological polar surface area (TPSA) is 68.9 Å². The number of hydrogen-bond acceptors (Lipinski definition) is 4. The zero-order chi connectivity index (χ0) is 15.0. The van der Waals surface area contributed by atoms with Crippen molar-refractivity contribution in [3.63, 3.8) is 0 Å². The Morgan fingerprint density at radius 3 is 2.90 bits per heavy atom. The van der Waals surface area contributed by atoms with Crippen molar-refractivity contribution in [1.82, 2.24) is 5.43 Å². The van der Waals surface area contributed by atoms with Gasteiger partial charge in [0.25, 0.3) is 0 Å². The van der Waals surface area contributed by atoms with Gasteiger partial charge in [-0.2, -0.15) is 5.10 Å². The van der Waals surface area contributed by atoms with Gasteiger partial charge in [-0.15, -0.1) is 0 Å². The minimum Gasteiger partial charge on any atom is -0.490 e. The quantitative estimate of drug-likeness (QED) is 0.240. The van der Waals surface area contributed by atoms with E-state index in [1.807, 2.05) is 19.1 Å². The number of rotatable bonds is 7. The highest BCUT2D eigenvalue weighted by molar-refractivity contribution is 14.1. The third-order valence-corrected chi connectivity index (χ3v) is 2.96. The molecule has 1 aromatic carbocycles. The van der Waals surface area contributed by atoms with Gasteiger partial charge < -0.3 is 15.2 Å². The van der Waals surface area contributed by atoms with Crippen LogP contribution in [0.3, 0.4) is 0 Å². The lowest BCUT2D eigenvalue weighted by Gasteiger charge is -2.13. The van der Waals surface area contributed by atoms with Crippen LogP contribution >= 0.6 is 34.8 Å². The number of hydrazone groups is 1.